The van der Waals surface area contributed by atoms with Gasteiger partial charge in [-0.05, 0) is 18.2 Å². The molecular formula is C15H14ClFN4O2. The van der Waals surface area contributed by atoms with Crippen LogP contribution in [0.4, 0.5) is 16.0 Å². The lowest BCUT2D eigenvalue weighted by atomic mass is 10.2. The van der Waals surface area contributed by atoms with Crippen molar-refractivity contribution in [2.75, 3.05) is 36.5 Å². The summed E-state index contributed by atoms with van der Waals surface area (Å²) < 4.78 is 18.3. The molecule has 0 spiro atoms. The van der Waals surface area contributed by atoms with E-state index in [9.17, 15) is 9.18 Å². The van der Waals surface area contributed by atoms with Crippen LogP contribution in [0, 0.1) is 5.82 Å². The number of ether oxygens (including phenoxy) is 1. The molecule has 1 fully saturated rings. The lowest BCUT2D eigenvalue weighted by Gasteiger charge is -2.26. The minimum Gasteiger partial charge on any atom is -0.378 e. The maximum atomic E-state index is 13.0. The summed E-state index contributed by atoms with van der Waals surface area (Å²) in [5, 5.41) is 2.68. The first kappa shape index (κ1) is 15.6. The highest BCUT2D eigenvalue weighted by molar-refractivity contribution is 6.34. The van der Waals surface area contributed by atoms with Crippen molar-refractivity contribution in [1.82, 2.24) is 9.97 Å². The van der Waals surface area contributed by atoms with Crippen LogP contribution in [0.25, 0.3) is 0 Å². The van der Waals surface area contributed by atoms with Crippen molar-refractivity contribution in [3.63, 3.8) is 0 Å². The van der Waals surface area contributed by atoms with Gasteiger partial charge in [-0.15, -0.1) is 0 Å². The fourth-order valence-corrected chi connectivity index (χ4v) is 2.44. The average molecular weight is 337 g/mol. The molecule has 1 aromatic heterocycles. The van der Waals surface area contributed by atoms with Crippen LogP contribution in [0.5, 0.6) is 0 Å². The molecular weight excluding hydrogens is 323 g/mol. The van der Waals surface area contributed by atoms with E-state index in [-0.39, 0.29) is 10.6 Å². The minimum atomic E-state index is -0.496. The standard InChI is InChI=1S/C15H14ClFN4O2/c16-13-7-10(17)1-2-12(13)14(22)20-11-8-18-15(19-9-11)21-3-5-23-6-4-21/h1-2,7-9H,3-6H2,(H,20,22). The number of aromatic nitrogens is 2. The van der Waals surface area contributed by atoms with Crippen molar-refractivity contribution >= 4 is 29.1 Å². The van der Waals surface area contributed by atoms with E-state index in [1.807, 2.05) is 4.90 Å². The SMILES string of the molecule is O=C(Nc1cnc(N2CCOCC2)nc1)c1ccc(F)cc1Cl. The van der Waals surface area contributed by atoms with Gasteiger partial charge in [0.15, 0.2) is 0 Å². The van der Waals surface area contributed by atoms with Crippen molar-refractivity contribution in [2.45, 2.75) is 0 Å². The van der Waals surface area contributed by atoms with Crippen LogP contribution in [-0.4, -0.2) is 42.2 Å². The number of nitrogens with zero attached hydrogens (tertiary/aromatic N) is 3. The predicted octanol–water partition coefficient (Wildman–Crippen LogP) is 2.36. The maximum Gasteiger partial charge on any atom is 0.257 e. The predicted molar refractivity (Wildman–Crippen MR) is 84.4 cm³/mol. The second kappa shape index (κ2) is 6.89. The van der Waals surface area contributed by atoms with Crippen molar-refractivity contribution in [3.8, 4) is 0 Å². The number of anilines is 2. The van der Waals surface area contributed by atoms with Gasteiger partial charge >= 0.3 is 0 Å². The van der Waals surface area contributed by atoms with Crippen molar-refractivity contribution < 1.29 is 13.9 Å². The monoisotopic (exact) mass is 336 g/mol. The molecule has 1 saturated heterocycles. The summed E-state index contributed by atoms with van der Waals surface area (Å²) >= 11 is 5.87. The van der Waals surface area contributed by atoms with E-state index in [1.165, 1.54) is 24.5 Å². The van der Waals surface area contributed by atoms with Gasteiger partial charge in [0.05, 0.1) is 41.9 Å². The van der Waals surface area contributed by atoms with Gasteiger partial charge in [-0.2, -0.15) is 0 Å². The van der Waals surface area contributed by atoms with Crippen LogP contribution < -0.4 is 10.2 Å². The Morgan fingerprint density at radius 1 is 1.26 bits per heavy atom. The summed E-state index contributed by atoms with van der Waals surface area (Å²) in [6, 6.07) is 3.60. The molecule has 0 radical (unpaired) electrons. The molecule has 8 heteroatoms. The summed E-state index contributed by atoms with van der Waals surface area (Å²) in [6.45, 7) is 2.75. The van der Waals surface area contributed by atoms with Gasteiger partial charge in [0.1, 0.15) is 5.82 Å². The first-order valence-corrected chi connectivity index (χ1v) is 7.42. The third-order valence-electron chi connectivity index (χ3n) is 3.37. The number of carbonyl (C=O) groups is 1. The highest BCUT2D eigenvalue weighted by Gasteiger charge is 2.15. The van der Waals surface area contributed by atoms with Gasteiger partial charge in [-0.3, -0.25) is 4.79 Å². The number of amides is 1. The third kappa shape index (κ3) is 3.75. The normalized spacial score (nSPS) is 14.6. The Hall–Kier alpha value is -2.25. The van der Waals surface area contributed by atoms with E-state index in [0.29, 0.717) is 24.8 Å². The molecule has 0 saturated carbocycles. The minimum absolute atomic E-state index is 0.0494. The first-order chi connectivity index (χ1) is 11.1. The van der Waals surface area contributed by atoms with E-state index in [2.05, 4.69) is 15.3 Å². The fraction of sp³-hybridized carbons (Fsp3) is 0.267. The number of carbonyl (C=O) groups excluding carboxylic acids is 1. The summed E-state index contributed by atoms with van der Waals surface area (Å²) in [4.78, 5) is 22.6. The molecule has 0 bridgehead atoms. The summed E-state index contributed by atoms with van der Waals surface area (Å²) in [5.41, 5.74) is 0.623. The van der Waals surface area contributed by atoms with E-state index in [4.69, 9.17) is 16.3 Å². The Kier molecular flexibility index (Phi) is 4.68. The second-order valence-corrected chi connectivity index (χ2v) is 5.36. The number of hydrogen-bond acceptors (Lipinski definition) is 5. The summed E-state index contributed by atoms with van der Waals surface area (Å²) in [5.74, 6) is -0.353. The molecule has 0 unspecified atom stereocenters. The highest BCUT2D eigenvalue weighted by Crippen LogP contribution is 2.19. The molecule has 23 heavy (non-hydrogen) atoms. The number of halogens is 2. The van der Waals surface area contributed by atoms with E-state index in [0.717, 1.165) is 19.2 Å². The molecule has 6 nitrogen and oxygen atoms in total. The zero-order valence-electron chi connectivity index (χ0n) is 12.1. The zero-order valence-corrected chi connectivity index (χ0v) is 12.9. The Labute approximate surface area is 137 Å². The molecule has 1 aliphatic rings. The van der Waals surface area contributed by atoms with Crippen LogP contribution in [0.2, 0.25) is 5.02 Å². The molecule has 0 atom stereocenters. The summed E-state index contributed by atoms with van der Waals surface area (Å²) in [7, 11) is 0. The second-order valence-electron chi connectivity index (χ2n) is 4.95. The number of morpholine rings is 1. The first-order valence-electron chi connectivity index (χ1n) is 7.04. The van der Waals surface area contributed by atoms with E-state index < -0.39 is 11.7 Å². The van der Waals surface area contributed by atoms with Crippen LogP contribution in [-0.2, 0) is 4.74 Å². The molecule has 1 aromatic carbocycles. The average Bonchev–Trinajstić information content (AvgIpc) is 2.56. The van der Waals surface area contributed by atoms with Crippen molar-refractivity contribution in [1.29, 1.82) is 0 Å². The van der Waals surface area contributed by atoms with Crippen molar-refractivity contribution in [2.24, 2.45) is 0 Å². The van der Waals surface area contributed by atoms with Crippen LogP contribution in [0.15, 0.2) is 30.6 Å². The number of rotatable bonds is 3. The topological polar surface area (TPSA) is 67.4 Å². The molecule has 1 N–H and O–H groups in total. The Bertz CT molecular complexity index is 705. The van der Waals surface area contributed by atoms with Gasteiger partial charge in [0.2, 0.25) is 5.95 Å². The lowest BCUT2D eigenvalue weighted by molar-refractivity contribution is 0.102. The Morgan fingerprint density at radius 2 is 1.96 bits per heavy atom. The molecule has 1 amide bonds. The fourth-order valence-electron chi connectivity index (χ4n) is 2.18. The van der Waals surface area contributed by atoms with Gasteiger partial charge in [-0.25, -0.2) is 14.4 Å². The molecule has 3 rings (SSSR count). The molecule has 0 aliphatic carbocycles. The Balaban J connectivity index is 1.69. The molecule has 1 aliphatic heterocycles. The van der Waals surface area contributed by atoms with E-state index in [1.54, 1.807) is 0 Å². The number of benzene rings is 1. The van der Waals surface area contributed by atoms with Crippen LogP contribution in [0.3, 0.4) is 0 Å². The number of hydrogen-bond donors (Lipinski definition) is 1. The van der Waals surface area contributed by atoms with Gasteiger partial charge < -0.3 is 15.0 Å². The van der Waals surface area contributed by atoms with Crippen LogP contribution >= 0.6 is 11.6 Å². The molecule has 2 heterocycles. The smallest absolute Gasteiger partial charge is 0.257 e. The van der Waals surface area contributed by atoms with Gasteiger partial charge in [-0.1, -0.05) is 11.6 Å². The van der Waals surface area contributed by atoms with Gasteiger partial charge in [0, 0.05) is 13.1 Å². The van der Waals surface area contributed by atoms with Crippen LogP contribution in [0.1, 0.15) is 10.4 Å². The maximum absolute atomic E-state index is 13.0. The van der Waals surface area contributed by atoms with Crippen molar-refractivity contribution in [3.05, 3.63) is 47.0 Å². The summed E-state index contributed by atoms with van der Waals surface area (Å²) in [6.07, 6.45) is 3.04. The molecule has 2 aromatic rings. The quantitative estimate of drug-likeness (QED) is 0.932. The van der Waals surface area contributed by atoms with E-state index >= 15 is 0 Å². The van der Waals surface area contributed by atoms with Gasteiger partial charge in [0.25, 0.3) is 5.91 Å². The molecule has 120 valence electrons. The zero-order chi connectivity index (χ0) is 16.2. The Morgan fingerprint density at radius 3 is 2.61 bits per heavy atom. The number of nitrogens with one attached hydrogen (secondary N) is 1. The lowest BCUT2D eigenvalue weighted by Crippen LogP contribution is -2.37. The third-order valence-corrected chi connectivity index (χ3v) is 3.68. The largest absolute Gasteiger partial charge is 0.378 e. The highest BCUT2D eigenvalue weighted by atomic mass is 35.5.